The Bertz CT molecular complexity index is 513. The third-order valence-electron chi connectivity index (χ3n) is 5.00. The Morgan fingerprint density at radius 1 is 1.00 bits per heavy atom. The Morgan fingerprint density at radius 3 is 1.85 bits per heavy atom. The van der Waals surface area contributed by atoms with Crippen LogP contribution in [0, 0.1) is 5.41 Å². The quantitative estimate of drug-likeness (QED) is 0.482. The van der Waals surface area contributed by atoms with Crippen molar-refractivity contribution in [1.29, 1.82) is 0 Å². The van der Waals surface area contributed by atoms with Crippen molar-refractivity contribution in [2.75, 3.05) is 19.8 Å². The third kappa shape index (κ3) is 4.31. The smallest absolute Gasteiger partial charge is 0.418 e. The maximum Gasteiger partial charge on any atom is 0.421 e. The summed E-state index contributed by atoms with van der Waals surface area (Å²) in [5.74, 6) is -3.07. The van der Waals surface area contributed by atoms with Crippen molar-refractivity contribution in [1.82, 2.24) is 4.90 Å². The normalized spacial score (nSPS) is 25.9. The Balaban J connectivity index is 3.38. The Morgan fingerprint density at radius 2 is 1.44 bits per heavy atom. The SMILES string of the molecule is CN(C[Si]1(C)OCCCC[SiH]1C)C(=O)C(C(F)(F)F)(C(F)(F)F)C(F)(F)F. The summed E-state index contributed by atoms with van der Waals surface area (Å²) in [6.07, 6.45) is -19.9. The molecule has 1 aliphatic heterocycles. The lowest BCUT2D eigenvalue weighted by Crippen LogP contribution is -2.69. The molecule has 1 rings (SSSR count). The van der Waals surface area contributed by atoms with Gasteiger partial charge >= 0.3 is 23.9 Å². The molecule has 0 aliphatic carbocycles. The van der Waals surface area contributed by atoms with E-state index in [0.717, 1.165) is 6.42 Å². The maximum atomic E-state index is 13.1. The standard InChI is InChI=1S/C13H20F9NO2Si2/c1-23(8-27(3)25-6-4-5-7-26(27)2)9(24)10(11(14,15)16,12(17,18)19)13(20,21)22/h26H,4-8H2,1-3H3. The van der Waals surface area contributed by atoms with Crippen LogP contribution in [0.5, 0.6) is 0 Å². The van der Waals surface area contributed by atoms with Gasteiger partial charge in [-0.05, 0) is 13.0 Å². The molecule has 2 unspecified atom stereocenters. The zero-order chi connectivity index (χ0) is 21.5. The zero-order valence-corrected chi connectivity index (χ0v) is 16.9. The fraction of sp³-hybridized carbons (Fsp3) is 0.923. The first-order valence-electron chi connectivity index (χ1n) is 8.01. The zero-order valence-electron chi connectivity index (χ0n) is 14.8. The van der Waals surface area contributed by atoms with Gasteiger partial charge in [-0.15, -0.1) is 0 Å². The van der Waals surface area contributed by atoms with E-state index in [4.69, 9.17) is 4.43 Å². The van der Waals surface area contributed by atoms with Gasteiger partial charge in [-0.25, -0.2) is 0 Å². The lowest BCUT2D eigenvalue weighted by Gasteiger charge is -2.41. The second-order valence-electron chi connectivity index (χ2n) is 6.96. The summed E-state index contributed by atoms with van der Waals surface area (Å²) in [6.45, 7) is 3.58. The van der Waals surface area contributed by atoms with Crippen LogP contribution in [0.15, 0.2) is 0 Å². The summed E-state index contributed by atoms with van der Waals surface area (Å²) in [5.41, 5.74) is -6.47. The molecule has 1 aliphatic rings. The van der Waals surface area contributed by atoms with E-state index in [-0.39, 0.29) is 11.5 Å². The van der Waals surface area contributed by atoms with Gasteiger partial charge < -0.3 is 9.33 Å². The summed E-state index contributed by atoms with van der Waals surface area (Å²) < 4.78 is 124. The van der Waals surface area contributed by atoms with Crippen LogP contribution >= 0.6 is 0 Å². The molecule has 0 spiro atoms. The summed E-state index contributed by atoms with van der Waals surface area (Å²) in [5, 5.41) is 0. The lowest BCUT2D eigenvalue weighted by molar-refractivity contribution is -0.408. The molecule has 1 saturated heterocycles. The van der Waals surface area contributed by atoms with Gasteiger partial charge in [0.15, 0.2) is 7.83 Å². The van der Waals surface area contributed by atoms with Crippen LogP contribution in [-0.2, 0) is 9.22 Å². The van der Waals surface area contributed by atoms with E-state index >= 15 is 0 Å². The van der Waals surface area contributed by atoms with Crippen molar-refractivity contribution in [3.05, 3.63) is 0 Å². The number of nitrogens with zero attached hydrogens (tertiary/aromatic N) is 1. The molecule has 0 N–H and O–H groups in total. The molecule has 1 fully saturated rings. The minimum absolute atomic E-state index is 0.0878. The molecule has 27 heavy (non-hydrogen) atoms. The average molecular weight is 449 g/mol. The molecule has 0 bridgehead atoms. The minimum Gasteiger partial charge on any atom is -0.418 e. The molecule has 1 heterocycles. The van der Waals surface area contributed by atoms with Gasteiger partial charge in [0.1, 0.15) is 0 Å². The van der Waals surface area contributed by atoms with Crippen LogP contribution in [0.2, 0.25) is 19.1 Å². The first-order valence-corrected chi connectivity index (χ1v) is 14.4. The Hall–Kier alpha value is -0.766. The summed E-state index contributed by atoms with van der Waals surface area (Å²) in [4.78, 5) is 12.0. The molecular formula is C13H20F9NO2Si2. The summed E-state index contributed by atoms with van der Waals surface area (Å²) in [6, 6.07) is 0.702. The molecule has 2 atom stereocenters. The molecule has 1 amide bonds. The topological polar surface area (TPSA) is 29.5 Å². The fourth-order valence-corrected chi connectivity index (χ4v) is 12.5. The number of hydrogen-bond donors (Lipinski definition) is 0. The van der Waals surface area contributed by atoms with E-state index < -0.39 is 52.2 Å². The molecule has 3 nitrogen and oxygen atoms in total. The predicted octanol–water partition coefficient (Wildman–Crippen LogP) is 3.98. The molecule has 0 radical (unpaired) electrons. The molecule has 0 aromatic heterocycles. The Labute approximate surface area is 152 Å². The van der Waals surface area contributed by atoms with Crippen LogP contribution in [0.4, 0.5) is 39.5 Å². The van der Waals surface area contributed by atoms with Crippen molar-refractivity contribution in [2.24, 2.45) is 5.41 Å². The number of amides is 1. The number of carbonyl (C=O) groups excluding carboxylic acids is 1. The van der Waals surface area contributed by atoms with Crippen molar-refractivity contribution in [3.63, 3.8) is 0 Å². The molecule has 0 saturated carbocycles. The highest BCUT2D eigenvalue weighted by atomic mass is 29.2. The van der Waals surface area contributed by atoms with E-state index in [1.807, 2.05) is 0 Å². The monoisotopic (exact) mass is 449 g/mol. The van der Waals surface area contributed by atoms with Gasteiger partial charge in [-0.1, -0.05) is 19.0 Å². The van der Waals surface area contributed by atoms with Gasteiger partial charge in [0.05, 0.1) is 8.31 Å². The van der Waals surface area contributed by atoms with E-state index in [1.54, 1.807) is 13.1 Å². The minimum atomic E-state index is -6.90. The molecular weight excluding hydrogens is 429 g/mol. The predicted molar refractivity (Wildman–Crippen MR) is 82.9 cm³/mol. The number of alkyl halides is 9. The summed E-state index contributed by atoms with van der Waals surface area (Å²) >= 11 is 0. The average Bonchev–Trinajstić information content (AvgIpc) is 2.56. The van der Waals surface area contributed by atoms with Crippen LogP contribution in [0.1, 0.15) is 12.8 Å². The van der Waals surface area contributed by atoms with Gasteiger partial charge in [-0.3, -0.25) is 4.79 Å². The van der Waals surface area contributed by atoms with E-state index in [1.165, 1.54) is 0 Å². The van der Waals surface area contributed by atoms with Gasteiger partial charge in [0.2, 0.25) is 0 Å². The van der Waals surface area contributed by atoms with Crippen molar-refractivity contribution < 1.29 is 48.7 Å². The summed E-state index contributed by atoms with van der Waals surface area (Å²) in [7, 11) is -4.16. The maximum absolute atomic E-state index is 13.1. The number of rotatable bonds is 3. The van der Waals surface area contributed by atoms with Crippen molar-refractivity contribution in [3.8, 4) is 0 Å². The number of hydrogen-bond acceptors (Lipinski definition) is 2. The van der Waals surface area contributed by atoms with Crippen LogP contribution in [0.25, 0.3) is 0 Å². The lowest BCUT2D eigenvalue weighted by atomic mass is 9.83. The molecule has 14 heteroatoms. The van der Waals surface area contributed by atoms with Gasteiger partial charge in [0, 0.05) is 19.8 Å². The highest BCUT2D eigenvalue weighted by Gasteiger charge is 2.88. The van der Waals surface area contributed by atoms with Crippen molar-refractivity contribution >= 4 is 22.1 Å². The van der Waals surface area contributed by atoms with E-state index in [9.17, 15) is 44.3 Å². The number of carbonyl (C=O) groups is 1. The number of halogens is 9. The third-order valence-corrected chi connectivity index (χ3v) is 18.5. The highest BCUT2D eigenvalue weighted by Crippen LogP contribution is 2.60. The van der Waals surface area contributed by atoms with E-state index in [0.29, 0.717) is 19.5 Å². The first-order chi connectivity index (χ1) is 11.9. The largest absolute Gasteiger partial charge is 0.421 e. The van der Waals surface area contributed by atoms with Gasteiger partial charge in [-0.2, -0.15) is 39.5 Å². The highest BCUT2D eigenvalue weighted by molar-refractivity contribution is 7.29. The van der Waals surface area contributed by atoms with Crippen LogP contribution < -0.4 is 0 Å². The van der Waals surface area contributed by atoms with Gasteiger partial charge in [0.25, 0.3) is 5.91 Å². The Kier molecular flexibility index (Phi) is 6.81. The molecule has 0 aromatic carbocycles. The second-order valence-corrected chi connectivity index (χ2v) is 19.2. The molecule has 160 valence electrons. The second kappa shape index (κ2) is 7.57. The molecule has 0 aromatic rings. The van der Waals surface area contributed by atoms with Crippen LogP contribution in [0.3, 0.4) is 0 Å². The van der Waals surface area contributed by atoms with E-state index in [2.05, 4.69) is 0 Å². The fourth-order valence-electron chi connectivity index (χ4n) is 3.18. The van der Waals surface area contributed by atoms with Crippen LogP contribution in [-0.4, -0.2) is 65.3 Å². The van der Waals surface area contributed by atoms with Crippen molar-refractivity contribution in [2.45, 2.75) is 50.5 Å². The first kappa shape index (κ1) is 24.3.